The van der Waals surface area contributed by atoms with Crippen molar-refractivity contribution in [3.63, 3.8) is 0 Å². The van der Waals surface area contributed by atoms with Crippen LogP contribution in [-0.4, -0.2) is 23.4 Å². The van der Waals surface area contributed by atoms with Crippen LogP contribution in [0.3, 0.4) is 0 Å². The number of ether oxygens (including phenoxy) is 1. The summed E-state index contributed by atoms with van der Waals surface area (Å²) in [5.41, 5.74) is 5.30. The van der Waals surface area contributed by atoms with Gasteiger partial charge in [0.15, 0.2) is 11.6 Å². The second kappa shape index (κ2) is 5.20. The van der Waals surface area contributed by atoms with Crippen LogP contribution in [0.4, 0.5) is 8.78 Å². The van der Waals surface area contributed by atoms with Gasteiger partial charge in [0.2, 0.25) is 5.82 Å². The summed E-state index contributed by atoms with van der Waals surface area (Å²) in [4.78, 5) is 0. The van der Waals surface area contributed by atoms with Crippen molar-refractivity contribution in [2.24, 2.45) is 5.73 Å². The summed E-state index contributed by atoms with van der Waals surface area (Å²) in [7, 11) is 0. The molecule has 18 heavy (non-hydrogen) atoms. The third kappa shape index (κ3) is 2.79. The number of aliphatic hydroxyl groups is 1. The van der Waals surface area contributed by atoms with Gasteiger partial charge in [-0.2, -0.15) is 4.39 Å². The third-order valence-corrected chi connectivity index (χ3v) is 3.36. The highest BCUT2D eigenvalue weighted by molar-refractivity contribution is 5.25. The molecule has 0 heterocycles. The first-order valence-electron chi connectivity index (χ1n) is 6.04. The summed E-state index contributed by atoms with van der Waals surface area (Å²) in [6.07, 6.45) is 2.41. The van der Waals surface area contributed by atoms with Gasteiger partial charge in [0, 0.05) is 12.0 Å². The molecule has 0 aliphatic heterocycles. The van der Waals surface area contributed by atoms with E-state index in [9.17, 15) is 13.9 Å². The molecule has 0 aromatic heterocycles. The molecular weight excluding hydrogens is 240 g/mol. The fourth-order valence-electron chi connectivity index (χ4n) is 2.34. The summed E-state index contributed by atoms with van der Waals surface area (Å²) in [5.74, 6) is -2.00. The molecule has 5 heteroatoms. The van der Waals surface area contributed by atoms with E-state index in [-0.39, 0.29) is 18.5 Å². The molecule has 0 saturated heterocycles. The predicted molar refractivity (Wildman–Crippen MR) is 63.2 cm³/mol. The number of hydrogen-bond donors (Lipinski definition) is 2. The maximum atomic E-state index is 13.5. The van der Waals surface area contributed by atoms with E-state index in [1.807, 2.05) is 0 Å². The van der Waals surface area contributed by atoms with Gasteiger partial charge in [0.1, 0.15) is 6.10 Å². The van der Waals surface area contributed by atoms with Crippen molar-refractivity contribution in [2.75, 3.05) is 6.61 Å². The highest BCUT2D eigenvalue weighted by atomic mass is 19.2. The number of halogens is 2. The number of benzene rings is 1. The molecule has 2 rings (SSSR count). The zero-order chi connectivity index (χ0) is 13.2. The lowest BCUT2D eigenvalue weighted by Gasteiger charge is -2.36. The molecule has 1 aromatic rings. The summed E-state index contributed by atoms with van der Waals surface area (Å²) < 4.78 is 31.9. The van der Waals surface area contributed by atoms with Crippen molar-refractivity contribution in [1.82, 2.24) is 0 Å². The Balaban J connectivity index is 2.07. The van der Waals surface area contributed by atoms with Crippen LogP contribution in [0.2, 0.25) is 0 Å². The van der Waals surface area contributed by atoms with Gasteiger partial charge in [0.05, 0.1) is 6.61 Å². The highest BCUT2D eigenvalue weighted by Gasteiger charge is 2.33. The average molecular weight is 257 g/mol. The maximum absolute atomic E-state index is 13.5. The highest BCUT2D eigenvalue weighted by Crippen LogP contribution is 2.30. The molecule has 2 atom stereocenters. The van der Waals surface area contributed by atoms with Gasteiger partial charge >= 0.3 is 0 Å². The van der Waals surface area contributed by atoms with Crippen molar-refractivity contribution >= 4 is 0 Å². The summed E-state index contributed by atoms with van der Waals surface area (Å²) >= 11 is 0. The zero-order valence-electron chi connectivity index (χ0n) is 10.0. The first-order valence-corrected chi connectivity index (χ1v) is 6.04. The number of nitrogens with two attached hydrogens (primary N) is 1. The molecule has 0 amide bonds. The Morgan fingerprint density at radius 1 is 1.44 bits per heavy atom. The topological polar surface area (TPSA) is 55.5 Å². The first kappa shape index (κ1) is 13.2. The Bertz CT molecular complexity index is 427. The van der Waals surface area contributed by atoms with E-state index >= 15 is 0 Å². The van der Waals surface area contributed by atoms with E-state index < -0.39 is 17.2 Å². The number of rotatable bonds is 3. The fourth-order valence-corrected chi connectivity index (χ4v) is 2.34. The first-order chi connectivity index (χ1) is 8.54. The summed E-state index contributed by atoms with van der Waals surface area (Å²) in [6.45, 7) is -0.126. The van der Waals surface area contributed by atoms with Crippen molar-refractivity contribution in [1.29, 1.82) is 0 Å². The van der Waals surface area contributed by atoms with Crippen LogP contribution in [0.15, 0.2) is 18.2 Å². The fraction of sp³-hybridized carbons (Fsp3) is 0.538. The van der Waals surface area contributed by atoms with Crippen LogP contribution in [-0.2, 0) is 0 Å². The van der Waals surface area contributed by atoms with Gasteiger partial charge in [-0.05, 0) is 31.4 Å². The largest absolute Gasteiger partial charge is 0.487 e. The van der Waals surface area contributed by atoms with E-state index in [1.54, 1.807) is 0 Å². The molecule has 0 spiro atoms. The van der Waals surface area contributed by atoms with Gasteiger partial charge in [0.25, 0.3) is 0 Å². The molecule has 1 fully saturated rings. The molecule has 1 aromatic carbocycles. The SMILES string of the molecule is NC1(CO)CCCC(Oc2cccc(F)c2F)C1. The zero-order valence-corrected chi connectivity index (χ0v) is 10.0. The minimum Gasteiger partial charge on any atom is -0.487 e. The minimum absolute atomic E-state index is 0.0952. The smallest absolute Gasteiger partial charge is 0.200 e. The van der Waals surface area contributed by atoms with Crippen molar-refractivity contribution in [2.45, 2.75) is 37.3 Å². The monoisotopic (exact) mass is 257 g/mol. The van der Waals surface area contributed by atoms with Crippen LogP contribution >= 0.6 is 0 Å². The quantitative estimate of drug-likeness (QED) is 0.870. The summed E-state index contributed by atoms with van der Waals surface area (Å²) in [5, 5.41) is 9.22. The second-order valence-electron chi connectivity index (χ2n) is 4.91. The van der Waals surface area contributed by atoms with Crippen molar-refractivity contribution in [3.05, 3.63) is 29.8 Å². The molecular formula is C13H17F2NO2. The molecule has 1 aliphatic carbocycles. The van der Waals surface area contributed by atoms with Crippen molar-refractivity contribution in [3.8, 4) is 5.75 Å². The minimum atomic E-state index is -0.977. The third-order valence-electron chi connectivity index (χ3n) is 3.36. The Kier molecular flexibility index (Phi) is 3.82. The van der Waals surface area contributed by atoms with Crippen LogP contribution in [0.25, 0.3) is 0 Å². The standard InChI is InChI=1S/C13H17F2NO2/c14-10-4-1-5-11(12(10)15)18-9-3-2-6-13(16,7-9)8-17/h1,4-5,9,17H,2-3,6-8,16H2. The van der Waals surface area contributed by atoms with Gasteiger partial charge in [-0.1, -0.05) is 6.07 Å². The Hall–Kier alpha value is -1.20. The molecule has 100 valence electrons. The number of aliphatic hydroxyl groups excluding tert-OH is 1. The predicted octanol–water partition coefficient (Wildman–Crippen LogP) is 1.98. The lowest BCUT2D eigenvalue weighted by Crippen LogP contribution is -2.50. The summed E-state index contributed by atoms with van der Waals surface area (Å²) in [6, 6.07) is 3.84. The van der Waals surface area contributed by atoms with E-state index in [1.165, 1.54) is 12.1 Å². The van der Waals surface area contributed by atoms with Crippen LogP contribution in [0.1, 0.15) is 25.7 Å². The Morgan fingerprint density at radius 3 is 2.94 bits per heavy atom. The lowest BCUT2D eigenvalue weighted by molar-refractivity contribution is 0.0700. The van der Waals surface area contributed by atoms with Crippen LogP contribution < -0.4 is 10.5 Å². The molecule has 3 nitrogen and oxygen atoms in total. The maximum Gasteiger partial charge on any atom is 0.200 e. The molecule has 0 bridgehead atoms. The molecule has 1 aliphatic rings. The second-order valence-corrected chi connectivity index (χ2v) is 4.91. The van der Waals surface area contributed by atoms with Crippen LogP contribution in [0, 0.1) is 11.6 Å². The van der Waals surface area contributed by atoms with Gasteiger partial charge in [-0.3, -0.25) is 0 Å². The van der Waals surface area contributed by atoms with Gasteiger partial charge in [-0.25, -0.2) is 4.39 Å². The Labute approximate surface area is 105 Å². The van der Waals surface area contributed by atoms with Crippen molar-refractivity contribution < 1.29 is 18.6 Å². The van der Waals surface area contributed by atoms with E-state index in [4.69, 9.17) is 10.5 Å². The Morgan fingerprint density at radius 2 is 2.22 bits per heavy atom. The molecule has 0 radical (unpaired) electrons. The molecule has 3 N–H and O–H groups in total. The van der Waals surface area contributed by atoms with E-state index in [0.29, 0.717) is 6.42 Å². The number of hydrogen-bond acceptors (Lipinski definition) is 3. The van der Waals surface area contributed by atoms with Crippen LogP contribution in [0.5, 0.6) is 5.75 Å². The van der Waals surface area contributed by atoms with Gasteiger partial charge < -0.3 is 15.6 Å². The average Bonchev–Trinajstić information content (AvgIpc) is 2.35. The molecule has 2 unspecified atom stereocenters. The normalized spacial score (nSPS) is 28.1. The van der Waals surface area contributed by atoms with E-state index in [0.717, 1.165) is 25.3 Å². The molecule has 1 saturated carbocycles. The lowest BCUT2D eigenvalue weighted by atomic mass is 9.81. The van der Waals surface area contributed by atoms with Gasteiger partial charge in [-0.15, -0.1) is 0 Å². The van der Waals surface area contributed by atoms with E-state index in [2.05, 4.69) is 0 Å².